The van der Waals surface area contributed by atoms with E-state index in [0.717, 1.165) is 0 Å². The topological polar surface area (TPSA) is 98.5 Å². The van der Waals surface area contributed by atoms with Crippen LogP contribution < -0.4 is 11.1 Å². The number of hydrogen-bond donors (Lipinski definition) is 2. The van der Waals surface area contributed by atoms with Gasteiger partial charge < -0.3 is 10.5 Å². The van der Waals surface area contributed by atoms with Gasteiger partial charge in [-0.05, 0) is 25.1 Å². The molecule has 1 aromatic rings. The first-order valence-electron chi connectivity index (χ1n) is 4.97. The summed E-state index contributed by atoms with van der Waals surface area (Å²) in [6, 6.07) is 5.52. The Bertz CT molecular complexity index is 490. The number of amides is 3. The van der Waals surface area contributed by atoms with Gasteiger partial charge in [0.15, 0.2) is 6.10 Å². The van der Waals surface area contributed by atoms with Crippen molar-refractivity contribution >= 4 is 33.8 Å². The Morgan fingerprint density at radius 1 is 1.39 bits per heavy atom. The molecule has 96 valence electrons. The summed E-state index contributed by atoms with van der Waals surface area (Å²) in [5, 5.41) is 1.82. The summed E-state index contributed by atoms with van der Waals surface area (Å²) < 4.78 is 5.59. The monoisotopic (exact) mass is 314 g/mol. The van der Waals surface area contributed by atoms with Gasteiger partial charge in [0.25, 0.3) is 5.91 Å². The number of rotatable bonds is 3. The van der Waals surface area contributed by atoms with E-state index < -0.39 is 24.0 Å². The smallest absolute Gasteiger partial charge is 0.338 e. The Kier molecular flexibility index (Phi) is 4.85. The molecule has 0 aromatic heterocycles. The van der Waals surface area contributed by atoms with E-state index in [1.54, 1.807) is 24.3 Å². The average molecular weight is 315 g/mol. The minimum atomic E-state index is -1.11. The highest BCUT2D eigenvalue weighted by Crippen LogP contribution is 2.13. The molecular formula is C11H11BrN2O4. The molecule has 0 heterocycles. The van der Waals surface area contributed by atoms with Crippen molar-refractivity contribution in [3.8, 4) is 0 Å². The molecule has 6 nitrogen and oxygen atoms in total. The van der Waals surface area contributed by atoms with Gasteiger partial charge in [0, 0.05) is 4.47 Å². The lowest BCUT2D eigenvalue weighted by Gasteiger charge is -2.11. The van der Waals surface area contributed by atoms with Crippen molar-refractivity contribution < 1.29 is 19.1 Å². The fourth-order valence-corrected chi connectivity index (χ4v) is 1.52. The second kappa shape index (κ2) is 6.15. The lowest BCUT2D eigenvalue weighted by molar-refractivity contribution is -0.127. The van der Waals surface area contributed by atoms with E-state index in [0.29, 0.717) is 10.0 Å². The van der Waals surface area contributed by atoms with Crippen molar-refractivity contribution in [1.82, 2.24) is 5.32 Å². The molecule has 0 aliphatic carbocycles. The predicted octanol–water partition coefficient (Wildman–Crippen LogP) is 1.19. The number of imide groups is 1. The Balaban J connectivity index is 2.65. The molecule has 3 amide bonds. The highest BCUT2D eigenvalue weighted by Gasteiger charge is 2.19. The van der Waals surface area contributed by atoms with Crippen molar-refractivity contribution in [2.24, 2.45) is 5.73 Å². The van der Waals surface area contributed by atoms with Gasteiger partial charge in [-0.3, -0.25) is 10.1 Å². The number of esters is 1. The number of ether oxygens (including phenoxy) is 1. The summed E-state index contributed by atoms with van der Waals surface area (Å²) in [5.74, 6) is -1.44. The Morgan fingerprint density at radius 3 is 2.61 bits per heavy atom. The van der Waals surface area contributed by atoms with Crippen LogP contribution in [0.25, 0.3) is 0 Å². The van der Waals surface area contributed by atoms with Crippen molar-refractivity contribution in [2.75, 3.05) is 0 Å². The molecule has 0 saturated carbocycles. The second-order valence-electron chi connectivity index (χ2n) is 3.41. The van der Waals surface area contributed by atoms with Gasteiger partial charge in [0.2, 0.25) is 0 Å². The molecule has 7 heteroatoms. The molecule has 0 aliphatic heterocycles. The molecule has 0 fully saturated rings. The van der Waals surface area contributed by atoms with Crippen LogP contribution in [0.15, 0.2) is 28.7 Å². The van der Waals surface area contributed by atoms with Crippen LogP contribution in [-0.4, -0.2) is 24.0 Å². The van der Waals surface area contributed by atoms with Crippen molar-refractivity contribution in [2.45, 2.75) is 13.0 Å². The number of halogens is 1. The first-order chi connectivity index (χ1) is 8.40. The Labute approximate surface area is 112 Å². The molecule has 3 N–H and O–H groups in total. The van der Waals surface area contributed by atoms with Crippen LogP contribution in [0.2, 0.25) is 0 Å². The maximum atomic E-state index is 11.7. The third-order valence-corrected chi connectivity index (χ3v) is 2.45. The van der Waals surface area contributed by atoms with Gasteiger partial charge in [0.05, 0.1) is 5.56 Å². The van der Waals surface area contributed by atoms with Crippen molar-refractivity contribution in [1.29, 1.82) is 0 Å². The molecule has 1 rings (SSSR count). The fraction of sp³-hybridized carbons (Fsp3) is 0.182. The van der Waals surface area contributed by atoms with Gasteiger partial charge in [-0.2, -0.15) is 0 Å². The van der Waals surface area contributed by atoms with Gasteiger partial charge in [0.1, 0.15) is 0 Å². The summed E-state index contributed by atoms with van der Waals surface area (Å²) in [4.78, 5) is 33.4. The Hall–Kier alpha value is -1.89. The number of urea groups is 1. The highest BCUT2D eigenvalue weighted by molar-refractivity contribution is 9.10. The lowest BCUT2D eigenvalue weighted by Crippen LogP contribution is -2.42. The molecular weight excluding hydrogens is 304 g/mol. The van der Waals surface area contributed by atoms with Crippen LogP contribution in [-0.2, 0) is 9.53 Å². The van der Waals surface area contributed by atoms with Crippen molar-refractivity contribution in [3.05, 3.63) is 34.3 Å². The molecule has 1 aromatic carbocycles. The quantitative estimate of drug-likeness (QED) is 0.819. The SMILES string of the molecule is C[C@H](OC(=O)c1cccc(Br)c1)C(=O)NC(N)=O. The van der Waals surface area contributed by atoms with E-state index >= 15 is 0 Å². The first-order valence-corrected chi connectivity index (χ1v) is 5.76. The lowest BCUT2D eigenvalue weighted by atomic mass is 10.2. The third-order valence-electron chi connectivity index (χ3n) is 1.96. The minimum absolute atomic E-state index is 0.295. The number of carbonyl (C=O) groups excluding carboxylic acids is 3. The zero-order chi connectivity index (χ0) is 13.7. The van der Waals surface area contributed by atoms with E-state index in [1.807, 2.05) is 5.32 Å². The first kappa shape index (κ1) is 14.2. The predicted molar refractivity (Wildman–Crippen MR) is 66.7 cm³/mol. The molecule has 0 spiro atoms. The number of hydrogen-bond acceptors (Lipinski definition) is 4. The molecule has 0 saturated heterocycles. The molecule has 0 aliphatic rings. The Morgan fingerprint density at radius 2 is 2.06 bits per heavy atom. The maximum Gasteiger partial charge on any atom is 0.338 e. The van der Waals surface area contributed by atoms with Gasteiger partial charge in [-0.25, -0.2) is 9.59 Å². The summed E-state index contributed by atoms with van der Waals surface area (Å²) in [5.41, 5.74) is 5.07. The van der Waals surface area contributed by atoms with E-state index in [1.165, 1.54) is 6.92 Å². The van der Waals surface area contributed by atoms with Crippen LogP contribution in [0.5, 0.6) is 0 Å². The van der Waals surface area contributed by atoms with Crippen LogP contribution in [0.4, 0.5) is 4.79 Å². The van der Waals surface area contributed by atoms with E-state index in [-0.39, 0.29) is 0 Å². The molecule has 0 bridgehead atoms. The van der Waals surface area contributed by atoms with Crippen molar-refractivity contribution in [3.63, 3.8) is 0 Å². The summed E-state index contributed by atoms with van der Waals surface area (Å²) in [7, 11) is 0. The standard InChI is InChI=1S/C11H11BrN2O4/c1-6(9(15)14-11(13)17)18-10(16)7-3-2-4-8(12)5-7/h2-6H,1H3,(H3,13,14,15,17)/t6-/m0/s1. The van der Waals surface area contributed by atoms with E-state index in [4.69, 9.17) is 10.5 Å². The highest BCUT2D eigenvalue weighted by atomic mass is 79.9. The summed E-state index contributed by atoms with van der Waals surface area (Å²) in [6.07, 6.45) is -1.11. The van der Waals surface area contributed by atoms with Gasteiger partial charge in [-0.15, -0.1) is 0 Å². The minimum Gasteiger partial charge on any atom is -0.449 e. The molecule has 0 radical (unpaired) electrons. The fourth-order valence-electron chi connectivity index (χ4n) is 1.12. The zero-order valence-corrected chi connectivity index (χ0v) is 11.1. The van der Waals surface area contributed by atoms with Crippen LogP contribution in [0, 0.1) is 0 Å². The third kappa shape index (κ3) is 4.17. The molecule has 1 atom stereocenters. The zero-order valence-electron chi connectivity index (χ0n) is 9.48. The van der Waals surface area contributed by atoms with Gasteiger partial charge >= 0.3 is 12.0 Å². The van der Waals surface area contributed by atoms with E-state index in [2.05, 4.69) is 15.9 Å². The van der Waals surface area contributed by atoms with Gasteiger partial charge in [-0.1, -0.05) is 22.0 Å². The largest absolute Gasteiger partial charge is 0.449 e. The maximum absolute atomic E-state index is 11.7. The number of carbonyl (C=O) groups is 3. The molecule has 18 heavy (non-hydrogen) atoms. The van der Waals surface area contributed by atoms with E-state index in [9.17, 15) is 14.4 Å². The number of nitrogens with two attached hydrogens (primary N) is 1. The average Bonchev–Trinajstić information content (AvgIpc) is 2.27. The number of benzene rings is 1. The summed E-state index contributed by atoms with van der Waals surface area (Å²) >= 11 is 3.21. The number of primary amides is 1. The second-order valence-corrected chi connectivity index (χ2v) is 4.33. The normalized spacial score (nSPS) is 11.4. The van der Waals surface area contributed by atoms with Crippen LogP contribution in [0.1, 0.15) is 17.3 Å². The molecule has 0 unspecified atom stereocenters. The number of nitrogens with one attached hydrogen (secondary N) is 1. The summed E-state index contributed by atoms with van der Waals surface area (Å²) in [6.45, 7) is 1.34. The van der Waals surface area contributed by atoms with Crippen LogP contribution in [0.3, 0.4) is 0 Å². The van der Waals surface area contributed by atoms with Crippen LogP contribution >= 0.6 is 15.9 Å².